The molecule has 0 amide bonds. The Morgan fingerprint density at radius 3 is 2.75 bits per heavy atom. The van der Waals surface area contributed by atoms with Gasteiger partial charge in [-0.1, -0.05) is 23.9 Å². The number of rotatable bonds is 2. The highest BCUT2D eigenvalue weighted by Crippen LogP contribution is 2.50. The lowest BCUT2D eigenvalue weighted by Gasteiger charge is -2.24. The predicted molar refractivity (Wildman–Crippen MR) is 83.3 cm³/mol. The van der Waals surface area contributed by atoms with Crippen LogP contribution in [0.25, 0.3) is 0 Å². The van der Waals surface area contributed by atoms with E-state index in [1.165, 1.54) is 16.3 Å². The second-order valence-electron chi connectivity index (χ2n) is 4.84. The van der Waals surface area contributed by atoms with Gasteiger partial charge in [0.25, 0.3) is 0 Å². The molecule has 2 aromatic rings. The zero-order valence-corrected chi connectivity index (χ0v) is 12.7. The molecule has 0 bridgehead atoms. The number of nitrogens with zero attached hydrogens (tertiary/aromatic N) is 5. The second-order valence-corrected chi connectivity index (χ2v) is 6.78. The molecule has 0 fully saturated rings. The van der Waals surface area contributed by atoms with Crippen LogP contribution in [0, 0.1) is 0 Å². The van der Waals surface area contributed by atoms with Crippen molar-refractivity contribution in [3.05, 3.63) is 46.6 Å². The van der Waals surface area contributed by atoms with E-state index in [1.54, 1.807) is 18.1 Å². The summed E-state index contributed by atoms with van der Waals surface area (Å²) < 4.78 is 2.03. The zero-order chi connectivity index (χ0) is 13.7. The van der Waals surface area contributed by atoms with E-state index in [1.807, 2.05) is 16.4 Å². The smallest absolute Gasteiger partial charge is 0.216 e. The van der Waals surface area contributed by atoms with Gasteiger partial charge in [0.05, 0.1) is 0 Å². The van der Waals surface area contributed by atoms with Crippen LogP contribution in [0.4, 0.5) is 5.69 Å². The van der Waals surface area contributed by atoms with Crippen molar-refractivity contribution >= 4 is 29.2 Å². The molecule has 0 saturated heterocycles. The van der Waals surface area contributed by atoms with E-state index in [0.29, 0.717) is 0 Å². The molecule has 0 N–H and O–H groups in total. The van der Waals surface area contributed by atoms with Crippen LogP contribution in [-0.2, 0) is 0 Å². The summed E-state index contributed by atoms with van der Waals surface area (Å²) in [4.78, 5) is 2.11. The molecule has 2 aliphatic rings. The highest BCUT2D eigenvalue weighted by Gasteiger charge is 2.37. The van der Waals surface area contributed by atoms with Crippen LogP contribution in [0.5, 0.6) is 0 Å². The summed E-state index contributed by atoms with van der Waals surface area (Å²) in [6.45, 7) is 0. The molecule has 0 saturated carbocycles. The van der Waals surface area contributed by atoms with Gasteiger partial charge in [-0.3, -0.25) is 5.01 Å². The number of aromatic nitrogens is 3. The maximum absolute atomic E-state index is 4.12. The quantitative estimate of drug-likeness (QED) is 0.849. The first-order valence-electron chi connectivity index (χ1n) is 6.24. The van der Waals surface area contributed by atoms with Crippen LogP contribution < -0.4 is 9.91 Å². The summed E-state index contributed by atoms with van der Waals surface area (Å²) in [5.41, 5.74) is 2.50. The van der Waals surface area contributed by atoms with Crippen molar-refractivity contribution in [2.45, 2.75) is 10.5 Å². The van der Waals surface area contributed by atoms with E-state index in [-0.39, 0.29) is 5.37 Å². The monoisotopic (exact) mass is 303 g/mol. The lowest BCUT2D eigenvalue weighted by molar-refractivity contribution is 0.634. The minimum atomic E-state index is 0.256. The number of hydrogen-bond donors (Lipinski definition) is 0. The summed E-state index contributed by atoms with van der Waals surface area (Å²) >= 11 is 3.49. The Hall–Kier alpha value is -1.60. The van der Waals surface area contributed by atoms with Crippen molar-refractivity contribution in [1.82, 2.24) is 14.9 Å². The fourth-order valence-corrected chi connectivity index (χ4v) is 4.54. The number of benzene rings is 1. The maximum atomic E-state index is 4.12. The Balaban J connectivity index is 1.67. The molecule has 2 aliphatic heterocycles. The summed E-state index contributed by atoms with van der Waals surface area (Å²) in [6.07, 6.45) is 1.77. The molecular weight excluding hydrogens is 290 g/mol. The molecule has 4 rings (SSSR count). The third-order valence-corrected chi connectivity index (χ3v) is 5.57. The van der Waals surface area contributed by atoms with Crippen molar-refractivity contribution < 1.29 is 0 Å². The fourth-order valence-electron chi connectivity index (χ4n) is 2.32. The number of thioether (sulfide) groups is 2. The van der Waals surface area contributed by atoms with Gasteiger partial charge in [0.1, 0.15) is 16.7 Å². The summed E-state index contributed by atoms with van der Waals surface area (Å²) in [6, 6.07) is 8.70. The molecule has 0 spiro atoms. The minimum absolute atomic E-state index is 0.256. The van der Waals surface area contributed by atoms with Crippen LogP contribution in [-0.4, -0.2) is 29.0 Å². The molecular formula is C13H13N5S2. The van der Waals surface area contributed by atoms with Crippen LogP contribution in [0.2, 0.25) is 0 Å². The Labute approximate surface area is 125 Å². The van der Waals surface area contributed by atoms with Gasteiger partial charge < -0.3 is 4.90 Å². The van der Waals surface area contributed by atoms with Crippen LogP contribution >= 0.6 is 23.5 Å². The van der Waals surface area contributed by atoms with Gasteiger partial charge >= 0.3 is 0 Å². The summed E-state index contributed by atoms with van der Waals surface area (Å²) in [5.74, 6) is 0. The summed E-state index contributed by atoms with van der Waals surface area (Å²) in [7, 11) is 4.11. The van der Waals surface area contributed by atoms with Crippen molar-refractivity contribution in [1.29, 1.82) is 0 Å². The van der Waals surface area contributed by atoms with Gasteiger partial charge in [0, 0.05) is 25.2 Å². The number of fused-ring (bicyclic) bond motifs is 3. The van der Waals surface area contributed by atoms with E-state index in [9.17, 15) is 0 Å². The van der Waals surface area contributed by atoms with Gasteiger partial charge in [-0.25, -0.2) is 4.68 Å². The third-order valence-electron chi connectivity index (χ3n) is 3.37. The Morgan fingerprint density at radius 1 is 1.20 bits per heavy atom. The van der Waals surface area contributed by atoms with Gasteiger partial charge in [0.2, 0.25) is 5.16 Å². The molecule has 1 aromatic carbocycles. The molecule has 20 heavy (non-hydrogen) atoms. The molecule has 5 nitrogen and oxygen atoms in total. The number of anilines is 1. The van der Waals surface area contributed by atoms with Gasteiger partial charge in [-0.2, -0.15) is 0 Å². The summed E-state index contributed by atoms with van der Waals surface area (Å²) in [5, 5.41) is 15.0. The fraction of sp³-hybridized carbons (Fsp3) is 0.231. The zero-order valence-electron chi connectivity index (χ0n) is 11.1. The van der Waals surface area contributed by atoms with Gasteiger partial charge in [-0.15, -0.1) is 10.2 Å². The first-order chi connectivity index (χ1) is 9.74. The van der Waals surface area contributed by atoms with Crippen molar-refractivity contribution in [2.24, 2.45) is 0 Å². The topological polar surface area (TPSA) is 37.2 Å². The van der Waals surface area contributed by atoms with E-state index in [2.05, 4.69) is 63.9 Å². The molecule has 7 heteroatoms. The van der Waals surface area contributed by atoms with Crippen molar-refractivity contribution in [2.75, 3.05) is 24.0 Å². The van der Waals surface area contributed by atoms with Crippen LogP contribution in [0.3, 0.4) is 0 Å². The highest BCUT2D eigenvalue weighted by molar-refractivity contribution is 8.07. The minimum Gasteiger partial charge on any atom is -0.378 e. The normalized spacial score (nSPS) is 19.8. The highest BCUT2D eigenvalue weighted by atomic mass is 32.2. The van der Waals surface area contributed by atoms with Crippen molar-refractivity contribution in [3.63, 3.8) is 0 Å². The van der Waals surface area contributed by atoms with Crippen molar-refractivity contribution in [3.8, 4) is 0 Å². The first-order valence-corrected chi connectivity index (χ1v) is 8.00. The van der Waals surface area contributed by atoms with Gasteiger partial charge in [0.15, 0.2) is 0 Å². The SMILES string of the molecule is CN(C)c1ccc([C@@H]2SC=C3Sc4nncn4N32)cc1. The average molecular weight is 303 g/mol. The average Bonchev–Trinajstić information content (AvgIpc) is 3.10. The predicted octanol–water partition coefficient (Wildman–Crippen LogP) is 2.63. The Bertz CT molecular complexity index is 676. The molecule has 102 valence electrons. The molecule has 0 unspecified atom stereocenters. The van der Waals surface area contributed by atoms with Gasteiger partial charge in [-0.05, 0) is 29.5 Å². The molecule has 0 radical (unpaired) electrons. The standard InChI is InChI=1S/C13H13N5S2/c1-16(2)10-5-3-9(4-6-10)12-18-11(7-19-12)20-13-15-14-8-17(13)18/h3-8,12H,1-2H3/t12-/m0/s1. The lowest BCUT2D eigenvalue weighted by atomic mass is 10.2. The van der Waals surface area contributed by atoms with E-state index in [0.717, 1.165) is 5.16 Å². The first kappa shape index (κ1) is 12.2. The van der Waals surface area contributed by atoms with Crippen LogP contribution in [0.1, 0.15) is 10.9 Å². The van der Waals surface area contributed by atoms with E-state index in [4.69, 9.17) is 0 Å². The maximum Gasteiger partial charge on any atom is 0.216 e. The Kier molecular flexibility index (Phi) is 2.71. The van der Waals surface area contributed by atoms with Crippen LogP contribution in [0.15, 0.2) is 46.2 Å². The Morgan fingerprint density at radius 2 is 2.00 bits per heavy atom. The third kappa shape index (κ3) is 1.73. The van der Waals surface area contributed by atoms with E-state index >= 15 is 0 Å². The molecule has 0 aliphatic carbocycles. The lowest BCUT2D eigenvalue weighted by Crippen LogP contribution is -2.28. The largest absolute Gasteiger partial charge is 0.378 e. The molecule has 1 aromatic heterocycles. The van der Waals surface area contributed by atoms with E-state index < -0.39 is 0 Å². The number of hydrogen-bond acceptors (Lipinski definition) is 6. The molecule has 1 atom stereocenters. The molecule has 3 heterocycles. The second kappa shape index (κ2) is 4.46.